The number of hydrogen-bond acceptors (Lipinski definition) is 8. The third kappa shape index (κ3) is 3.95. The summed E-state index contributed by atoms with van der Waals surface area (Å²) in [6.45, 7) is 6.80. The molecule has 8 nitrogen and oxygen atoms in total. The summed E-state index contributed by atoms with van der Waals surface area (Å²) in [4.78, 5) is 17.4. The van der Waals surface area contributed by atoms with E-state index in [9.17, 15) is 4.79 Å². The number of fused-ring (bicyclic) bond motifs is 3. The lowest BCUT2D eigenvalue weighted by Crippen LogP contribution is -2.24. The highest BCUT2D eigenvalue weighted by Gasteiger charge is 2.22. The molecule has 0 spiro atoms. The van der Waals surface area contributed by atoms with Crippen LogP contribution >= 0.6 is 23.1 Å². The Morgan fingerprint density at radius 2 is 2.03 bits per heavy atom. The van der Waals surface area contributed by atoms with Crippen LogP contribution in [-0.2, 0) is 11.3 Å². The fourth-order valence-corrected chi connectivity index (χ4v) is 4.58. The van der Waals surface area contributed by atoms with Gasteiger partial charge in [0.15, 0.2) is 5.65 Å². The minimum atomic E-state index is -0.345. The predicted octanol–water partition coefficient (Wildman–Crippen LogP) is 4.06. The average molecular weight is 428 g/mol. The molecule has 0 radical (unpaired) electrons. The Labute approximate surface area is 176 Å². The van der Waals surface area contributed by atoms with Crippen LogP contribution in [0.25, 0.3) is 22.1 Å². The second kappa shape index (κ2) is 8.42. The van der Waals surface area contributed by atoms with Crippen LogP contribution in [0.5, 0.6) is 0 Å². The van der Waals surface area contributed by atoms with Gasteiger partial charge in [0.05, 0.1) is 10.8 Å². The van der Waals surface area contributed by atoms with Crippen molar-refractivity contribution >= 4 is 56.2 Å². The lowest BCUT2D eigenvalue weighted by molar-refractivity contribution is -0.115. The Bertz CT molecular complexity index is 1170. The molecule has 1 aromatic carbocycles. The van der Waals surface area contributed by atoms with Crippen molar-refractivity contribution in [2.45, 2.75) is 50.6 Å². The maximum Gasteiger partial charge on any atom is 0.239 e. The minimum Gasteiger partial charge on any atom is -0.324 e. The summed E-state index contributed by atoms with van der Waals surface area (Å²) in [6, 6.07) is 8.13. The van der Waals surface area contributed by atoms with Gasteiger partial charge in [0.1, 0.15) is 10.5 Å². The molecular weight excluding hydrogens is 406 g/mol. The number of aromatic nitrogens is 6. The van der Waals surface area contributed by atoms with Gasteiger partial charge in [-0.3, -0.25) is 10.1 Å². The van der Waals surface area contributed by atoms with Gasteiger partial charge in [-0.15, -0.1) is 20.4 Å². The summed E-state index contributed by atoms with van der Waals surface area (Å²) in [6.07, 6.45) is 1.62. The number of hydrogen-bond donors (Lipinski definition) is 1. The number of nitrogens with one attached hydrogen (secondary N) is 1. The molecule has 0 fully saturated rings. The molecule has 4 rings (SSSR count). The molecule has 0 aliphatic carbocycles. The molecule has 10 heteroatoms. The number of aryl methyl sites for hydroxylation is 2. The number of nitrogens with zero attached hydrogens (tertiary/aromatic N) is 6. The zero-order chi connectivity index (χ0) is 20.4. The molecule has 0 saturated heterocycles. The molecule has 0 aliphatic heterocycles. The van der Waals surface area contributed by atoms with Crippen molar-refractivity contribution in [3.05, 3.63) is 29.3 Å². The van der Waals surface area contributed by atoms with Gasteiger partial charge in [0.2, 0.25) is 16.2 Å². The highest BCUT2D eigenvalue weighted by molar-refractivity contribution is 8.00. The van der Waals surface area contributed by atoms with Crippen LogP contribution in [0, 0.1) is 6.92 Å². The van der Waals surface area contributed by atoms with Crippen LogP contribution in [0.1, 0.15) is 31.7 Å². The molecule has 0 bridgehead atoms. The van der Waals surface area contributed by atoms with Crippen molar-refractivity contribution < 1.29 is 4.79 Å². The van der Waals surface area contributed by atoms with Crippen LogP contribution in [0.15, 0.2) is 29.4 Å². The lowest BCUT2D eigenvalue weighted by atomic mass is 10.2. The summed E-state index contributed by atoms with van der Waals surface area (Å²) in [7, 11) is 0. The highest BCUT2D eigenvalue weighted by atomic mass is 32.2. The topological polar surface area (TPSA) is 98.5 Å². The Balaban J connectivity index is 1.63. The molecule has 0 aliphatic rings. The fraction of sp³-hybridized carbons (Fsp3) is 0.368. The molecule has 1 atom stereocenters. The fourth-order valence-electron chi connectivity index (χ4n) is 3.17. The monoisotopic (exact) mass is 427 g/mol. The van der Waals surface area contributed by atoms with Gasteiger partial charge in [-0.25, -0.2) is 4.98 Å². The number of rotatable bonds is 7. The summed E-state index contributed by atoms with van der Waals surface area (Å²) < 4.78 is 2.18. The number of anilines is 1. The van der Waals surface area contributed by atoms with E-state index in [0.717, 1.165) is 40.0 Å². The third-order valence-corrected chi connectivity index (χ3v) is 6.44. The van der Waals surface area contributed by atoms with Gasteiger partial charge in [0, 0.05) is 11.9 Å². The Kier molecular flexibility index (Phi) is 5.72. The van der Waals surface area contributed by atoms with E-state index in [1.165, 1.54) is 23.1 Å². The van der Waals surface area contributed by atoms with E-state index in [2.05, 4.69) is 43.3 Å². The van der Waals surface area contributed by atoms with Crippen LogP contribution < -0.4 is 5.32 Å². The van der Waals surface area contributed by atoms with Gasteiger partial charge >= 0.3 is 0 Å². The maximum atomic E-state index is 12.7. The summed E-state index contributed by atoms with van der Waals surface area (Å²) >= 11 is 2.67. The van der Waals surface area contributed by atoms with Crippen LogP contribution in [0.3, 0.4) is 0 Å². The van der Waals surface area contributed by atoms with Crippen molar-refractivity contribution in [3.8, 4) is 0 Å². The zero-order valence-corrected chi connectivity index (χ0v) is 18.0. The molecule has 29 heavy (non-hydrogen) atoms. The van der Waals surface area contributed by atoms with E-state index in [1.807, 2.05) is 32.0 Å². The number of carbonyl (C=O) groups excluding carboxylic acids is 1. The second-order valence-electron chi connectivity index (χ2n) is 6.57. The zero-order valence-electron chi connectivity index (χ0n) is 16.4. The maximum absolute atomic E-state index is 12.7. The van der Waals surface area contributed by atoms with Gasteiger partial charge in [-0.2, -0.15) is 0 Å². The molecule has 3 aromatic heterocycles. The van der Waals surface area contributed by atoms with Crippen molar-refractivity contribution in [1.29, 1.82) is 0 Å². The predicted molar refractivity (Wildman–Crippen MR) is 116 cm³/mol. The summed E-state index contributed by atoms with van der Waals surface area (Å²) in [5.41, 5.74) is 2.70. The number of benzene rings is 1. The molecule has 4 aromatic rings. The van der Waals surface area contributed by atoms with Crippen molar-refractivity contribution in [2.24, 2.45) is 0 Å². The first kappa shape index (κ1) is 19.7. The van der Waals surface area contributed by atoms with Crippen molar-refractivity contribution in [3.63, 3.8) is 0 Å². The molecule has 1 amide bonds. The normalized spacial score (nSPS) is 12.5. The van der Waals surface area contributed by atoms with Crippen LogP contribution in [0.4, 0.5) is 5.13 Å². The van der Waals surface area contributed by atoms with E-state index in [1.54, 1.807) is 0 Å². The Hall–Kier alpha value is -2.59. The van der Waals surface area contributed by atoms with Gasteiger partial charge in [0.25, 0.3) is 0 Å². The molecular formula is C19H21N7OS2. The lowest BCUT2D eigenvalue weighted by Gasteiger charge is -2.12. The number of carbonyl (C=O) groups is 1. The SMILES string of the molecule is CCCn1c2ccccc2c2nnc(SC(CC)C(=O)Nc3nnc(C)s3)nc21. The van der Waals surface area contributed by atoms with Crippen molar-refractivity contribution in [1.82, 2.24) is 29.9 Å². The largest absolute Gasteiger partial charge is 0.324 e. The Morgan fingerprint density at radius 1 is 1.21 bits per heavy atom. The molecule has 1 N–H and O–H groups in total. The standard InChI is InChI=1S/C19H21N7OS2/c1-4-10-26-13-9-7-6-8-12(13)15-16(26)20-18(25-23-15)29-14(5-2)17(27)21-19-24-22-11(3)28-19/h6-9,14H,4-5,10H2,1-3H3,(H,21,24,27). The minimum absolute atomic E-state index is 0.133. The van der Waals surface area contributed by atoms with E-state index in [-0.39, 0.29) is 11.2 Å². The smallest absolute Gasteiger partial charge is 0.239 e. The number of thioether (sulfide) groups is 1. The summed E-state index contributed by atoms with van der Waals surface area (Å²) in [5.74, 6) is -0.133. The quantitative estimate of drug-likeness (QED) is 0.444. The van der Waals surface area contributed by atoms with Crippen LogP contribution in [0.2, 0.25) is 0 Å². The van der Waals surface area contributed by atoms with E-state index < -0.39 is 0 Å². The molecule has 3 heterocycles. The first-order chi connectivity index (χ1) is 14.1. The third-order valence-electron chi connectivity index (χ3n) is 4.47. The Morgan fingerprint density at radius 3 is 2.76 bits per heavy atom. The highest BCUT2D eigenvalue weighted by Crippen LogP contribution is 2.29. The van der Waals surface area contributed by atoms with E-state index in [0.29, 0.717) is 16.7 Å². The molecule has 1 unspecified atom stereocenters. The number of amides is 1. The van der Waals surface area contributed by atoms with Crippen LogP contribution in [-0.4, -0.2) is 41.1 Å². The van der Waals surface area contributed by atoms with E-state index >= 15 is 0 Å². The second-order valence-corrected chi connectivity index (χ2v) is 8.92. The average Bonchev–Trinajstić information content (AvgIpc) is 3.27. The van der Waals surface area contributed by atoms with Crippen molar-refractivity contribution in [2.75, 3.05) is 5.32 Å². The number of para-hydroxylation sites is 1. The van der Waals surface area contributed by atoms with Gasteiger partial charge in [-0.05, 0) is 25.8 Å². The molecule has 150 valence electrons. The first-order valence-electron chi connectivity index (χ1n) is 9.50. The first-order valence-corrected chi connectivity index (χ1v) is 11.2. The molecule has 0 saturated carbocycles. The van der Waals surface area contributed by atoms with E-state index in [4.69, 9.17) is 4.98 Å². The van der Waals surface area contributed by atoms with Gasteiger partial charge in [-0.1, -0.05) is 55.1 Å². The summed E-state index contributed by atoms with van der Waals surface area (Å²) in [5, 5.41) is 22.0. The van der Waals surface area contributed by atoms with Gasteiger partial charge < -0.3 is 4.57 Å².